The molecule has 174 valence electrons. The molecule has 0 bridgehead atoms. The van der Waals surface area contributed by atoms with Gasteiger partial charge in [0.2, 0.25) is 0 Å². The summed E-state index contributed by atoms with van der Waals surface area (Å²) >= 11 is 6.26. The zero-order valence-electron chi connectivity index (χ0n) is 18.9. The molecular weight excluding hydrogens is 446 g/mol. The van der Waals surface area contributed by atoms with E-state index in [1.165, 1.54) is 16.7 Å². The van der Waals surface area contributed by atoms with Gasteiger partial charge in [-0.25, -0.2) is 9.78 Å². The van der Waals surface area contributed by atoms with E-state index in [1.807, 2.05) is 20.8 Å². The molecular formula is C23H26ClN5O4. The first-order chi connectivity index (χ1) is 15.7. The molecule has 0 aliphatic carbocycles. The van der Waals surface area contributed by atoms with E-state index in [0.717, 1.165) is 6.42 Å². The number of hydrogen-bond acceptors (Lipinski definition) is 5. The van der Waals surface area contributed by atoms with Crippen LogP contribution in [-0.2, 0) is 6.54 Å². The van der Waals surface area contributed by atoms with Crippen molar-refractivity contribution >= 4 is 40.1 Å². The highest BCUT2D eigenvalue weighted by Crippen LogP contribution is 2.24. The number of pyridine rings is 1. The van der Waals surface area contributed by atoms with Crippen LogP contribution in [0.5, 0.6) is 0 Å². The van der Waals surface area contributed by atoms with Crippen molar-refractivity contribution in [1.29, 1.82) is 0 Å². The maximum Gasteiger partial charge on any atom is 0.329 e. The Balaban J connectivity index is 2.05. The molecule has 2 heterocycles. The maximum atomic E-state index is 13.2. The summed E-state index contributed by atoms with van der Waals surface area (Å²) in [6.07, 6.45) is 0.792. The van der Waals surface area contributed by atoms with Gasteiger partial charge in [0.15, 0.2) is 5.65 Å². The van der Waals surface area contributed by atoms with E-state index in [4.69, 9.17) is 11.6 Å². The number of nitrogens with one attached hydrogen (secondary N) is 3. The van der Waals surface area contributed by atoms with E-state index in [-0.39, 0.29) is 40.0 Å². The van der Waals surface area contributed by atoms with Gasteiger partial charge in [-0.15, -0.1) is 0 Å². The second kappa shape index (κ2) is 9.99. The van der Waals surface area contributed by atoms with Gasteiger partial charge >= 0.3 is 5.69 Å². The van der Waals surface area contributed by atoms with Crippen LogP contribution < -0.4 is 21.9 Å². The number of aryl methyl sites for hydroxylation is 1. The van der Waals surface area contributed by atoms with E-state index in [1.54, 1.807) is 19.1 Å². The number of halogens is 1. The Labute approximate surface area is 195 Å². The lowest BCUT2D eigenvalue weighted by Gasteiger charge is -2.14. The number of nitrogens with zero attached hydrogens (tertiary/aromatic N) is 2. The molecule has 3 rings (SSSR count). The summed E-state index contributed by atoms with van der Waals surface area (Å²) in [4.78, 5) is 57.0. The molecule has 2 amide bonds. The molecule has 9 nitrogen and oxygen atoms in total. The predicted octanol–water partition coefficient (Wildman–Crippen LogP) is 3.27. The minimum atomic E-state index is -0.686. The van der Waals surface area contributed by atoms with Gasteiger partial charge in [0, 0.05) is 24.5 Å². The summed E-state index contributed by atoms with van der Waals surface area (Å²) in [6, 6.07) is 6.10. The minimum absolute atomic E-state index is 0.0278. The van der Waals surface area contributed by atoms with Crippen LogP contribution in [0, 0.1) is 0 Å². The molecule has 1 aromatic carbocycles. The fraction of sp³-hybridized carbons (Fsp3) is 0.348. The molecule has 0 saturated carbocycles. The lowest BCUT2D eigenvalue weighted by Crippen LogP contribution is -2.32. The number of anilines is 1. The highest BCUT2D eigenvalue weighted by Gasteiger charge is 2.21. The van der Waals surface area contributed by atoms with E-state index in [0.29, 0.717) is 23.5 Å². The van der Waals surface area contributed by atoms with Crippen molar-refractivity contribution in [3.63, 3.8) is 0 Å². The number of amides is 2. The van der Waals surface area contributed by atoms with Crippen molar-refractivity contribution in [3.8, 4) is 0 Å². The van der Waals surface area contributed by atoms with Gasteiger partial charge in [0.05, 0.1) is 21.5 Å². The smallest absolute Gasteiger partial charge is 0.329 e. The van der Waals surface area contributed by atoms with Crippen LogP contribution in [0.15, 0.2) is 33.9 Å². The van der Waals surface area contributed by atoms with Gasteiger partial charge < -0.3 is 10.6 Å². The summed E-state index contributed by atoms with van der Waals surface area (Å²) in [7, 11) is 0. The number of aromatic amines is 1. The van der Waals surface area contributed by atoms with Gasteiger partial charge in [0.25, 0.3) is 17.4 Å². The fourth-order valence-electron chi connectivity index (χ4n) is 3.37. The number of H-pyrrole nitrogens is 1. The Kier molecular flexibility index (Phi) is 7.33. The molecule has 33 heavy (non-hydrogen) atoms. The molecule has 3 N–H and O–H groups in total. The van der Waals surface area contributed by atoms with Gasteiger partial charge in [-0.3, -0.25) is 23.9 Å². The van der Waals surface area contributed by atoms with Crippen LogP contribution in [-0.4, -0.2) is 32.9 Å². The minimum Gasteiger partial charge on any atom is -0.352 e. The maximum absolute atomic E-state index is 13.2. The summed E-state index contributed by atoms with van der Waals surface area (Å²) in [6.45, 7) is 8.30. The lowest BCUT2D eigenvalue weighted by molar-refractivity contribution is 0.0953. The molecule has 0 spiro atoms. The monoisotopic (exact) mass is 471 g/mol. The van der Waals surface area contributed by atoms with Gasteiger partial charge in [-0.2, -0.15) is 0 Å². The lowest BCUT2D eigenvalue weighted by atomic mass is 10.0. The third-order valence-electron chi connectivity index (χ3n) is 5.13. The molecule has 2 aromatic heterocycles. The Hall–Kier alpha value is -3.46. The molecule has 0 atom stereocenters. The summed E-state index contributed by atoms with van der Waals surface area (Å²) < 4.78 is 1.32. The first-order valence-electron chi connectivity index (χ1n) is 10.7. The Morgan fingerprint density at radius 3 is 2.45 bits per heavy atom. The third kappa shape index (κ3) is 4.98. The van der Waals surface area contributed by atoms with Crippen molar-refractivity contribution in [1.82, 2.24) is 19.9 Å². The van der Waals surface area contributed by atoms with Crippen molar-refractivity contribution in [2.75, 3.05) is 11.9 Å². The van der Waals surface area contributed by atoms with Crippen LogP contribution in [0.2, 0.25) is 5.02 Å². The number of hydrogen-bond donors (Lipinski definition) is 3. The van der Waals surface area contributed by atoms with Crippen molar-refractivity contribution in [3.05, 3.63) is 66.9 Å². The van der Waals surface area contributed by atoms with Crippen LogP contribution in [0.4, 0.5) is 5.69 Å². The normalized spacial score (nSPS) is 11.1. The number of benzene rings is 1. The van der Waals surface area contributed by atoms with E-state index >= 15 is 0 Å². The van der Waals surface area contributed by atoms with Crippen molar-refractivity contribution in [2.24, 2.45) is 0 Å². The first-order valence-corrected chi connectivity index (χ1v) is 11.1. The van der Waals surface area contributed by atoms with E-state index < -0.39 is 17.2 Å². The average Bonchev–Trinajstić information content (AvgIpc) is 2.76. The second-order valence-corrected chi connectivity index (χ2v) is 8.26. The number of fused-ring (bicyclic) bond motifs is 1. The van der Waals surface area contributed by atoms with Crippen molar-refractivity contribution in [2.45, 2.75) is 46.6 Å². The average molecular weight is 472 g/mol. The third-order valence-corrected chi connectivity index (χ3v) is 5.44. The van der Waals surface area contributed by atoms with Crippen LogP contribution in [0.25, 0.3) is 11.0 Å². The molecule has 0 aliphatic rings. The number of carbonyl (C=O) groups excluding carboxylic acids is 2. The molecule has 0 radical (unpaired) electrons. The number of rotatable bonds is 7. The van der Waals surface area contributed by atoms with Gasteiger partial charge in [0.1, 0.15) is 0 Å². The predicted molar refractivity (Wildman–Crippen MR) is 128 cm³/mol. The van der Waals surface area contributed by atoms with Crippen molar-refractivity contribution < 1.29 is 9.59 Å². The van der Waals surface area contributed by atoms with Crippen LogP contribution in [0.3, 0.4) is 0 Å². The second-order valence-electron chi connectivity index (χ2n) is 7.86. The largest absolute Gasteiger partial charge is 0.352 e. The highest BCUT2D eigenvalue weighted by atomic mass is 35.5. The molecule has 0 saturated heterocycles. The molecule has 0 fully saturated rings. The van der Waals surface area contributed by atoms with E-state index in [9.17, 15) is 19.2 Å². The molecule has 0 aliphatic heterocycles. The standard InChI is InChI=1S/C23H26ClN5O4/c1-5-9-25-20(30)14-8-7-13(10-16(14)24)26-21(31)15-11-17(12(3)4)27-19-18(15)22(32)28-23(33)29(19)6-2/h7-8,10-12H,5-6,9H2,1-4H3,(H,25,30)(H,26,31)(H,28,32,33). The SMILES string of the molecule is CCCNC(=O)c1ccc(NC(=O)c2cc(C(C)C)nc3c2c(=O)[nH]c(=O)n3CC)cc1Cl. The summed E-state index contributed by atoms with van der Waals surface area (Å²) in [5.74, 6) is -0.906. The number of carbonyl (C=O) groups is 2. The zero-order valence-corrected chi connectivity index (χ0v) is 19.7. The molecule has 0 unspecified atom stereocenters. The highest BCUT2D eigenvalue weighted by molar-refractivity contribution is 6.34. The summed E-state index contributed by atoms with van der Waals surface area (Å²) in [5.41, 5.74) is 0.195. The van der Waals surface area contributed by atoms with Gasteiger partial charge in [-0.1, -0.05) is 32.4 Å². The van der Waals surface area contributed by atoms with Crippen LogP contribution in [0.1, 0.15) is 66.4 Å². The Bertz CT molecular complexity index is 1340. The van der Waals surface area contributed by atoms with E-state index in [2.05, 4.69) is 20.6 Å². The van der Waals surface area contributed by atoms with Gasteiger partial charge in [-0.05, 0) is 43.5 Å². The molecule has 3 aromatic rings. The topological polar surface area (TPSA) is 126 Å². The quantitative estimate of drug-likeness (QED) is 0.487. The number of aromatic nitrogens is 3. The zero-order chi connectivity index (χ0) is 24.3. The molecule has 10 heteroatoms. The fourth-order valence-corrected chi connectivity index (χ4v) is 3.64. The first kappa shape index (κ1) is 24.2. The Morgan fingerprint density at radius 1 is 1.12 bits per heavy atom. The van der Waals surface area contributed by atoms with Crippen LogP contribution >= 0.6 is 11.6 Å². The Morgan fingerprint density at radius 2 is 1.85 bits per heavy atom. The summed E-state index contributed by atoms with van der Waals surface area (Å²) in [5, 5.41) is 5.68.